The maximum absolute atomic E-state index is 12.9. The molecule has 0 bridgehead atoms. The van der Waals surface area contributed by atoms with Gasteiger partial charge in [0.25, 0.3) is 0 Å². The van der Waals surface area contributed by atoms with Crippen molar-refractivity contribution in [2.45, 2.75) is 17.6 Å². The zero-order chi connectivity index (χ0) is 21.5. The van der Waals surface area contributed by atoms with Gasteiger partial charge in [-0.3, -0.25) is 4.90 Å². The molecule has 30 heavy (non-hydrogen) atoms. The Morgan fingerprint density at radius 1 is 0.933 bits per heavy atom. The van der Waals surface area contributed by atoms with Crippen LogP contribution in [0.1, 0.15) is 11.1 Å². The lowest BCUT2D eigenvalue weighted by atomic mass is 10.1. The van der Waals surface area contributed by atoms with Gasteiger partial charge >= 0.3 is 11.9 Å². The molecule has 2 heterocycles. The Kier molecular flexibility index (Phi) is 5.20. The summed E-state index contributed by atoms with van der Waals surface area (Å²) in [6, 6.07) is 9.54. The summed E-state index contributed by atoms with van der Waals surface area (Å²) in [5, 5.41) is 0. The highest BCUT2D eigenvalue weighted by Gasteiger charge is 2.31. The number of aromatic nitrogens is 2. The number of nitrogens with zero attached hydrogens (tertiary/aromatic N) is 2. The van der Waals surface area contributed by atoms with Crippen LogP contribution in [0.3, 0.4) is 0 Å². The molecule has 11 heteroatoms. The molecule has 1 aromatic heterocycles. The molecule has 160 valence electrons. The smallest absolute Gasteiger partial charge is 0.306 e. The van der Waals surface area contributed by atoms with Gasteiger partial charge in [0.15, 0.2) is 0 Å². The van der Waals surface area contributed by atoms with Crippen LogP contribution >= 0.6 is 0 Å². The first-order chi connectivity index (χ1) is 14.1. The number of alkyl halides is 3. The van der Waals surface area contributed by atoms with Gasteiger partial charge < -0.3 is 9.97 Å². The summed E-state index contributed by atoms with van der Waals surface area (Å²) in [7, 11) is -3.74. The van der Waals surface area contributed by atoms with Crippen molar-refractivity contribution in [3.8, 4) is 0 Å². The lowest BCUT2D eigenvalue weighted by molar-refractivity contribution is -0.137. The zero-order valence-electron chi connectivity index (χ0n) is 15.7. The number of hydrogen-bond donors (Lipinski definition) is 2. The van der Waals surface area contributed by atoms with Crippen LogP contribution in [0.5, 0.6) is 0 Å². The van der Waals surface area contributed by atoms with Gasteiger partial charge in [0.05, 0.1) is 21.5 Å². The lowest BCUT2D eigenvalue weighted by Gasteiger charge is -2.34. The number of piperazine rings is 1. The predicted octanol–water partition coefficient (Wildman–Crippen LogP) is 2.38. The van der Waals surface area contributed by atoms with E-state index in [1.807, 2.05) is 4.90 Å². The number of hydrogen-bond acceptors (Lipinski definition) is 4. The summed E-state index contributed by atoms with van der Waals surface area (Å²) in [5.74, 6) is 0. The third-order valence-electron chi connectivity index (χ3n) is 5.12. The molecule has 0 radical (unpaired) electrons. The van der Waals surface area contributed by atoms with Gasteiger partial charge in [0.2, 0.25) is 10.0 Å². The monoisotopic (exact) mass is 440 g/mol. The van der Waals surface area contributed by atoms with Crippen molar-refractivity contribution in [1.29, 1.82) is 0 Å². The van der Waals surface area contributed by atoms with Crippen molar-refractivity contribution in [1.82, 2.24) is 19.2 Å². The number of rotatable bonds is 4. The molecule has 0 aliphatic carbocycles. The molecule has 7 nitrogen and oxygen atoms in total. The van der Waals surface area contributed by atoms with E-state index in [1.165, 1.54) is 28.6 Å². The highest BCUT2D eigenvalue weighted by Crippen LogP contribution is 2.30. The molecule has 0 atom stereocenters. The Morgan fingerprint density at radius 3 is 2.33 bits per heavy atom. The summed E-state index contributed by atoms with van der Waals surface area (Å²) in [5.41, 5.74) is 0.347. The van der Waals surface area contributed by atoms with Crippen molar-refractivity contribution in [2.75, 3.05) is 26.2 Å². The molecule has 2 aromatic carbocycles. The van der Waals surface area contributed by atoms with Crippen LogP contribution in [-0.2, 0) is 22.7 Å². The molecular weight excluding hydrogens is 421 g/mol. The van der Waals surface area contributed by atoms with E-state index < -0.39 is 27.5 Å². The van der Waals surface area contributed by atoms with E-state index in [2.05, 4.69) is 9.97 Å². The fourth-order valence-corrected chi connectivity index (χ4v) is 5.00. The average Bonchev–Trinajstić information content (AvgIpc) is 3.07. The van der Waals surface area contributed by atoms with Gasteiger partial charge in [-0.15, -0.1) is 0 Å². The van der Waals surface area contributed by atoms with Crippen LogP contribution in [0.15, 0.2) is 52.2 Å². The standard InChI is InChI=1S/C19H19F3N4O3S/c20-19(21,22)14-3-1-2-13(10-14)12-25-6-8-26(9-7-25)30(28,29)15-4-5-16-17(11-15)24-18(27)23-16/h1-5,10-11H,6-9,12H2,(H2,23,24,27). The van der Waals surface area contributed by atoms with Gasteiger partial charge in [-0.2, -0.15) is 17.5 Å². The Labute approximate surface area is 170 Å². The van der Waals surface area contributed by atoms with Crippen LogP contribution in [0.2, 0.25) is 0 Å². The number of nitrogens with one attached hydrogen (secondary N) is 2. The quantitative estimate of drug-likeness (QED) is 0.652. The normalized spacial score (nSPS) is 16.9. The van der Waals surface area contributed by atoms with Crippen LogP contribution in [-0.4, -0.2) is 53.8 Å². The topological polar surface area (TPSA) is 89.3 Å². The highest BCUT2D eigenvalue weighted by atomic mass is 32.2. The lowest BCUT2D eigenvalue weighted by Crippen LogP contribution is -2.48. The van der Waals surface area contributed by atoms with Crippen LogP contribution < -0.4 is 5.69 Å². The molecule has 3 aromatic rings. The maximum atomic E-state index is 12.9. The zero-order valence-corrected chi connectivity index (χ0v) is 16.6. The number of benzene rings is 2. The molecule has 1 aliphatic heterocycles. The minimum Gasteiger partial charge on any atom is -0.306 e. The Balaban J connectivity index is 1.44. The van der Waals surface area contributed by atoms with Crippen molar-refractivity contribution >= 4 is 21.1 Å². The number of halogens is 3. The number of aromatic amines is 2. The molecule has 2 N–H and O–H groups in total. The predicted molar refractivity (Wildman–Crippen MR) is 104 cm³/mol. The Hall–Kier alpha value is -2.63. The van der Waals surface area contributed by atoms with E-state index in [0.717, 1.165) is 12.1 Å². The van der Waals surface area contributed by atoms with Crippen LogP contribution in [0, 0.1) is 0 Å². The third kappa shape index (κ3) is 4.13. The fraction of sp³-hybridized carbons (Fsp3) is 0.316. The maximum Gasteiger partial charge on any atom is 0.416 e. The summed E-state index contributed by atoms with van der Waals surface area (Å²) in [6.07, 6.45) is -4.40. The van der Waals surface area contributed by atoms with E-state index in [-0.39, 0.29) is 18.0 Å². The summed E-state index contributed by atoms with van der Waals surface area (Å²) < 4.78 is 65.9. The number of sulfonamides is 1. The van der Waals surface area contributed by atoms with E-state index >= 15 is 0 Å². The molecule has 1 saturated heterocycles. The van der Waals surface area contributed by atoms with Crippen LogP contribution in [0.4, 0.5) is 13.2 Å². The highest BCUT2D eigenvalue weighted by molar-refractivity contribution is 7.89. The molecule has 0 spiro atoms. The largest absolute Gasteiger partial charge is 0.416 e. The minimum absolute atomic E-state index is 0.0802. The number of imidazole rings is 1. The second-order valence-corrected chi connectivity index (χ2v) is 9.10. The number of H-pyrrole nitrogens is 2. The summed E-state index contributed by atoms with van der Waals surface area (Å²) in [4.78, 5) is 18.5. The first-order valence-electron chi connectivity index (χ1n) is 9.24. The van der Waals surface area contributed by atoms with Crippen LogP contribution in [0.25, 0.3) is 11.0 Å². The van der Waals surface area contributed by atoms with Crippen molar-refractivity contribution < 1.29 is 21.6 Å². The summed E-state index contributed by atoms with van der Waals surface area (Å²) in [6.45, 7) is 1.57. The third-order valence-corrected chi connectivity index (χ3v) is 7.01. The van der Waals surface area contributed by atoms with E-state index in [0.29, 0.717) is 36.2 Å². The first kappa shape index (κ1) is 20.6. The van der Waals surface area contributed by atoms with Gasteiger partial charge in [-0.1, -0.05) is 18.2 Å². The molecule has 0 saturated carbocycles. The average molecular weight is 440 g/mol. The fourth-order valence-electron chi connectivity index (χ4n) is 3.55. The second-order valence-electron chi connectivity index (χ2n) is 7.16. The van der Waals surface area contributed by atoms with E-state index in [1.54, 1.807) is 6.07 Å². The van der Waals surface area contributed by atoms with Gasteiger partial charge in [0.1, 0.15) is 0 Å². The Bertz CT molecular complexity index is 1230. The van der Waals surface area contributed by atoms with Gasteiger partial charge in [-0.05, 0) is 29.8 Å². The summed E-state index contributed by atoms with van der Waals surface area (Å²) >= 11 is 0. The minimum atomic E-state index is -4.40. The van der Waals surface area contributed by atoms with E-state index in [4.69, 9.17) is 0 Å². The van der Waals surface area contributed by atoms with Crippen molar-refractivity contribution in [2.24, 2.45) is 0 Å². The first-order valence-corrected chi connectivity index (χ1v) is 10.7. The number of fused-ring (bicyclic) bond motifs is 1. The van der Waals surface area contributed by atoms with E-state index in [9.17, 15) is 26.4 Å². The molecule has 0 unspecified atom stereocenters. The molecule has 0 amide bonds. The second kappa shape index (κ2) is 7.56. The van der Waals surface area contributed by atoms with Crippen molar-refractivity contribution in [3.05, 3.63) is 64.1 Å². The van der Waals surface area contributed by atoms with Gasteiger partial charge in [-0.25, -0.2) is 13.2 Å². The van der Waals surface area contributed by atoms with Gasteiger partial charge in [0, 0.05) is 32.7 Å². The SMILES string of the molecule is O=c1[nH]c2ccc(S(=O)(=O)N3CCN(Cc4cccc(C(F)(F)F)c4)CC3)cc2[nH]1. The molecular formula is C19H19F3N4O3S. The molecule has 1 aliphatic rings. The molecule has 1 fully saturated rings. The van der Waals surface area contributed by atoms with Crippen molar-refractivity contribution in [3.63, 3.8) is 0 Å². The Morgan fingerprint density at radius 2 is 1.63 bits per heavy atom. The molecule has 4 rings (SSSR count).